The molecule has 1 aromatic carbocycles. The third-order valence-electron chi connectivity index (χ3n) is 2.64. The molecule has 0 aliphatic carbocycles. The number of rotatable bonds is 4. The number of pyridine rings is 1. The predicted molar refractivity (Wildman–Crippen MR) is 74.5 cm³/mol. The lowest BCUT2D eigenvalue weighted by Gasteiger charge is -2.15. The van der Waals surface area contributed by atoms with E-state index in [1.54, 1.807) is 12.4 Å². The zero-order valence-electron chi connectivity index (χ0n) is 10.4. The lowest BCUT2D eigenvalue weighted by molar-refractivity contribution is 0.598. The molecular weight excluding hydrogens is 248 g/mol. The van der Waals surface area contributed by atoms with Crippen LogP contribution in [0.2, 0.25) is 0 Å². The Hall–Kier alpha value is -1.62. The predicted octanol–water partition coefficient (Wildman–Crippen LogP) is 2.08. The van der Waals surface area contributed by atoms with E-state index in [9.17, 15) is 8.42 Å². The number of aromatic nitrogens is 1. The monoisotopic (exact) mass is 264 g/mol. The molecular formula is C13H16N2O2S. The number of nitrogens with zero attached hydrogens (tertiary/aromatic N) is 1. The Morgan fingerprint density at radius 2 is 2.11 bits per heavy atom. The lowest BCUT2D eigenvalue weighted by atomic mass is 10.1. The zero-order chi connectivity index (χ0) is 13.2. The maximum Gasteiger partial charge on any atom is 0.149 e. The molecule has 0 spiro atoms. The first-order valence-corrected chi connectivity index (χ1v) is 7.79. The Labute approximate surface area is 107 Å². The molecule has 2 rings (SSSR count). The highest BCUT2D eigenvalue weighted by Gasteiger charge is 2.11. The van der Waals surface area contributed by atoms with Gasteiger partial charge in [-0.15, -0.1) is 0 Å². The van der Waals surface area contributed by atoms with Gasteiger partial charge in [0.05, 0.1) is 5.75 Å². The second kappa shape index (κ2) is 4.94. The molecule has 0 aliphatic heterocycles. The van der Waals surface area contributed by atoms with Crippen LogP contribution in [0.15, 0.2) is 36.7 Å². The minimum absolute atomic E-state index is 0.120. The van der Waals surface area contributed by atoms with Crippen LogP contribution in [0.3, 0.4) is 0 Å². The van der Waals surface area contributed by atoms with Gasteiger partial charge in [0.15, 0.2) is 0 Å². The van der Waals surface area contributed by atoms with Gasteiger partial charge in [-0.2, -0.15) is 0 Å². The molecule has 0 saturated heterocycles. The normalized spacial score (nSPS) is 13.4. The summed E-state index contributed by atoms with van der Waals surface area (Å²) in [5.74, 6) is 0.120. The minimum Gasteiger partial charge on any atom is -0.381 e. The maximum absolute atomic E-state index is 11.2. The lowest BCUT2D eigenvalue weighted by Crippen LogP contribution is -2.25. The van der Waals surface area contributed by atoms with E-state index >= 15 is 0 Å². The van der Waals surface area contributed by atoms with Crippen LogP contribution in [0.1, 0.15) is 6.92 Å². The molecule has 1 unspecified atom stereocenters. The Balaban J connectivity index is 2.27. The molecule has 1 atom stereocenters. The van der Waals surface area contributed by atoms with Crippen LogP contribution in [0.4, 0.5) is 5.69 Å². The Morgan fingerprint density at radius 3 is 2.83 bits per heavy atom. The molecule has 4 nitrogen and oxygen atoms in total. The molecule has 96 valence electrons. The summed E-state index contributed by atoms with van der Waals surface area (Å²) in [7, 11) is -2.97. The van der Waals surface area contributed by atoms with Crippen LogP contribution in [0.25, 0.3) is 10.8 Å². The fraction of sp³-hybridized carbons (Fsp3) is 0.308. The third-order valence-corrected chi connectivity index (χ3v) is 3.74. The van der Waals surface area contributed by atoms with Crippen molar-refractivity contribution < 1.29 is 8.42 Å². The van der Waals surface area contributed by atoms with Crippen LogP contribution >= 0.6 is 0 Å². The van der Waals surface area contributed by atoms with Gasteiger partial charge in [-0.25, -0.2) is 8.42 Å². The van der Waals surface area contributed by atoms with Gasteiger partial charge in [0.2, 0.25) is 0 Å². The number of hydrogen-bond donors (Lipinski definition) is 1. The van der Waals surface area contributed by atoms with E-state index in [4.69, 9.17) is 0 Å². The van der Waals surface area contributed by atoms with Crippen molar-refractivity contribution in [1.29, 1.82) is 0 Å². The molecule has 0 saturated carbocycles. The molecule has 1 N–H and O–H groups in total. The van der Waals surface area contributed by atoms with Gasteiger partial charge in [0.25, 0.3) is 0 Å². The second-order valence-electron chi connectivity index (χ2n) is 4.54. The number of anilines is 1. The SMILES string of the molecule is CC(CS(C)(=O)=O)Nc1cccc2cnccc12. The van der Waals surface area contributed by atoms with E-state index in [0.717, 1.165) is 16.5 Å². The minimum atomic E-state index is -2.97. The third kappa shape index (κ3) is 3.20. The van der Waals surface area contributed by atoms with Crippen LogP contribution in [-0.4, -0.2) is 31.5 Å². The fourth-order valence-electron chi connectivity index (χ4n) is 2.01. The first-order valence-electron chi connectivity index (χ1n) is 5.73. The topological polar surface area (TPSA) is 59.1 Å². The molecule has 1 aromatic heterocycles. The fourth-order valence-corrected chi connectivity index (χ4v) is 3.00. The molecule has 0 aliphatic rings. The molecule has 2 aromatic rings. The number of nitrogens with one attached hydrogen (secondary N) is 1. The van der Waals surface area contributed by atoms with Crippen molar-refractivity contribution in [2.24, 2.45) is 0 Å². The van der Waals surface area contributed by atoms with E-state index in [1.807, 2.05) is 31.2 Å². The summed E-state index contributed by atoms with van der Waals surface area (Å²) < 4.78 is 22.5. The highest BCUT2D eigenvalue weighted by molar-refractivity contribution is 7.90. The molecule has 5 heteroatoms. The average Bonchev–Trinajstić information content (AvgIpc) is 2.27. The molecule has 18 heavy (non-hydrogen) atoms. The van der Waals surface area contributed by atoms with Crippen molar-refractivity contribution in [2.45, 2.75) is 13.0 Å². The summed E-state index contributed by atoms with van der Waals surface area (Å²) in [6.07, 6.45) is 4.77. The van der Waals surface area contributed by atoms with Gasteiger partial charge >= 0.3 is 0 Å². The van der Waals surface area contributed by atoms with Crippen molar-refractivity contribution in [3.05, 3.63) is 36.7 Å². The van der Waals surface area contributed by atoms with Crippen molar-refractivity contribution in [1.82, 2.24) is 4.98 Å². The van der Waals surface area contributed by atoms with Crippen LogP contribution < -0.4 is 5.32 Å². The van der Waals surface area contributed by atoms with Gasteiger partial charge in [-0.3, -0.25) is 4.98 Å². The van der Waals surface area contributed by atoms with E-state index in [1.165, 1.54) is 6.26 Å². The largest absolute Gasteiger partial charge is 0.381 e. The smallest absolute Gasteiger partial charge is 0.149 e. The number of hydrogen-bond acceptors (Lipinski definition) is 4. The first-order chi connectivity index (χ1) is 8.46. The van der Waals surface area contributed by atoms with Crippen molar-refractivity contribution in [3.8, 4) is 0 Å². The van der Waals surface area contributed by atoms with Gasteiger partial charge in [-0.1, -0.05) is 12.1 Å². The molecule has 0 radical (unpaired) electrons. The highest BCUT2D eigenvalue weighted by Crippen LogP contribution is 2.22. The van der Waals surface area contributed by atoms with Crippen molar-refractivity contribution in [3.63, 3.8) is 0 Å². The molecule has 0 amide bonds. The summed E-state index contributed by atoms with van der Waals surface area (Å²) >= 11 is 0. The van der Waals surface area contributed by atoms with Gasteiger partial charge in [-0.05, 0) is 19.1 Å². The molecule has 0 fully saturated rings. The van der Waals surface area contributed by atoms with E-state index in [0.29, 0.717) is 0 Å². The zero-order valence-corrected chi connectivity index (χ0v) is 11.2. The summed E-state index contributed by atoms with van der Waals surface area (Å²) in [6.45, 7) is 1.86. The number of fused-ring (bicyclic) bond motifs is 1. The second-order valence-corrected chi connectivity index (χ2v) is 6.73. The van der Waals surface area contributed by atoms with E-state index in [-0.39, 0.29) is 11.8 Å². The Bertz CT molecular complexity index is 648. The highest BCUT2D eigenvalue weighted by atomic mass is 32.2. The summed E-state index contributed by atoms with van der Waals surface area (Å²) in [5, 5.41) is 5.32. The molecule has 1 heterocycles. The van der Waals surface area contributed by atoms with Crippen LogP contribution in [-0.2, 0) is 9.84 Å². The first kappa shape index (κ1) is 12.8. The maximum atomic E-state index is 11.2. The van der Waals surface area contributed by atoms with Gasteiger partial charge in [0, 0.05) is 41.2 Å². The van der Waals surface area contributed by atoms with E-state index < -0.39 is 9.84 Å². The Morgan fingerprint density at radius 1 is 1.33 bits per heavy atom. The van der Waals surface area contributed by atoms with Gasteiger partial charge < -0.3 is 5.32 Å². The Kier molecular flexibility index (Phi) is 3.52. The van der Waals surface area contributed by atoms with Gasteiger partial charge in [0.1, 0.15) is 9.84 Å². The van der Waals surface area contributed by atoms with Crippen molar-refractivity contribution in [2.75, 3.05) is 17.3 Å². The standard InChI is InChI=1S/C13H16N2O2S/c1-10(9-18(2,16)17)15-13-5-3-4-11-8-14-7-6-12(11)13/h3-8,10,15H,9H2,1-2H3. The van der Waals surface area contributed by atoms with Crippen molar-refractivity contribution >= 4 is 26.3 Å². The van der Waals surface area contributed by atoms with E-state index in [2.05, 4.69) is 10.3 Å². The number of sulfone groups is 1. The summed E-state index contributed by atoms with van der Waals surface area (Å²) in [4.78, 5) is 4.07. The summed E-state index contributed by atoms with van der Waals surface area (Å²) in [6, 6.07) is 7.65. The molecule has 0 bridgehead atoms. The quantitative estimate of drug-likeness (QED) is 0.918. The average molecular weight is 264 g/mol. The summed E-state index contributed by atoms with van der Waals surface area (Å²) in [5.41, 5.74) is 0.936. The number of benzene rings is 1. The van der Waals surface area contributed by atoms with Crippen LogP contribution in [0.5, 0.6) is 0 Å². The van der Waals surface area contributed by atoms with Crippen LogP contribution in [0, 0.1) is 0 Å².